The van der Waals surface area contributed by atoms with E-state index in [1.165, 1.54) is 6.20 Å². The van der Waals surface area contributed by atoms with E-state index in [-0.39, 0.29) is 17.5 Å². The Balaban J connectivity index is 2.09. The zero-order valence-electron chi connectivity index (χ0n) is 12.6. The molecular formula is C15H20N4O2. The van der Waals surface area contributed by atoms with Crippen LogP contribution in [-0.2, 0) is 13.5 Å². The van der Waals surface area contributed by atoms with Crippen molar-refractivity contribution in [1.82, 2.24) is 14.5 Å². The fraction of sp³-hybridized carbons (Fsp3) is 0.400. The van der Waals surface area contributed by atoms with Crippen molar-refractivity contribution in [2.24, 2.45) is 7.05 Å². The summed E-state index contributed by atoms with van der Waals surface area (Å²) in [4.78, 5) is 30.7. The van der Waals surface area contributed by atoms with Gasteiger partial charge in [-0.1, -0.05) is 13.8 Å². The Hall–Kier alpha value is -2.37. The van der Waals surface area contributed by atoms with Crippen molar-refractivity contribution >= 4 is 17.5 Å². The molecule has 0 fully saturated rings. The first-order chi connectivity index (χ1) is 10.0. The summed E-state index contributed by atoms with van der Waals surface area (Å²) in [7, 11) is 1.83. The van der Waals surface area contributed by atoms with Gasteiger partial charge in [0.2, 0.25) is 0 Å². The number of H-pyrrole nitrogens is 1. The maximum absolute atomic E-state index is 12.2. The molecule has 0 unspecified atom stereocenters. The summed E-state index contributed by atoms with van der Waals surface area (Å²) in [5, 5.41) is 2.72. The Bertz CT molecular complexity index is 654. The van der Waals surface area contributed by atoms with Crippen molar-refractivity contribution in [2.45, 2.75) is 33.1 Å². The zero-order chi connectivity index (χ0) is 15.4. The molecule has 2 rings (SSSR count). The summed E-state index contributed by atoms with van der Waals surface area (Å²) >= 11 is 0. The summed E-state index contributed by atoms with van der Waals surface area (Å²) in [5.74, 6) is 0.437. The largest absolute Gasteiger partial charge is 0.346 e. The molecular weight excluding hydrogens is 268 g/mol. The Kier molecular flexibility index (Phi) is 4.57. The third kappa shape index (κ3) is 3.39. The molecule has 0 radical (unpaired) electrons. The van der Waals surface area contributed by atoms with Crippen LogP contribution >= 0.6 is 0 Å². The van der Waals surface area contributed by atoms with Crippen LogP contribution < -0.4 is 5.32 Å². The van der Waals surface area contributed by atoms with Gasteiger partial charge in [-0.2, -0.15) is 0 Å². The van der Waals surface area contributed by atoms with Gasteiger partial charge in [-0.15, -0.1) is 0 Å². The Labute approximate surface area is 123 Å². The number of hydrogen-bond acceptors (Lipinski definition) is 3. The van der Waals surface area contributed by atoms with Crippen LogP contribution in [0.3, 0.4) is 0 Å². The SMILES string of the molecule is CCCC(=O)c1ncc(NC(=O)c2cc(CC)cn2C)[nH]1. The molecule has 0 atom stereocenters. The fourth-order valence-corrected chi connectivity index (χ4v) is 2.11. The van der Waals surface area contributed by atoms with E-state index in [1.54, 1.807) is 4.57 Å². The molecule has 0 bridgehead atoms. The second kappa shape index (κ2) is 6.39. The second-order valence-electron chi connectivity index (χ2n) is 4.97. The maximum atomic E-state index is 12.2. The summed E-state index contributed by atoms with van der Waals surface area (Å²) in [6, 6.07) is 1.86. The number of Topliss-reactive ketones (excluding diaryl/α,β-unsaturated/α-hetero) is 1. The molecule has 112 valence electrons. The molecule has 0 aliphatic heterocycles. The van der Waals surface area contributed by atoms with Gasteiger partial charge in [-0.25, -0.2) is 4.98 Å². The fourth-order valence-electron chi connectivity index (χ4n) is 2.11. The molecule has 2 N–H and O–H groups in total. The minimum atomic E-state index is -0.227. The Morgan fingerprint density at radius 1 is 1.38 bits per heavy atom. The van der Waals surface area contributed by atoms with Crippen molar-refractivity contribution in [3.05, 3.63) is 35.5 Å². The van der Waals surface area contributed by atoms with E-state index in [4.69, 9.17) is 0 Å². The zero-order valence-corrected chi connectivity index (χ0v) is 12.6. The van der Waals surface area contributed by atoms with Gasteiger partial charge < -0.3 is 14.9 Å². The average molecular weight is 288 g/mol. The minimum absolute atomic E-state index is 0.0508. The molecule has 6 nitrogen and oxygen atoms in total. The first kappa shape index (κ1) is 15.0. The predicted molar refractivity (Wildman–Crippen MR) is 80.6 cm³/mol. The van der Waals surface area contributed by atoms with Gasteiger partial charge in [0.1, 0.15) is 11.5 Å². The molecule has 0 aromatic carbocycles. The number of anilines is 1. The lowest BCUT2D eigenvalue weighted by molar-refractivity contribution is 0.0970. The number of aromatic nitrogens is 3. The van der Waals surface area contributed by atoms with Crippen molar-refractivity contribution in [3.63, 3.8) is 0 Å². The number of imidazole rings is 1. The number of hydrogen-bond donors (Lipinski definition) is 2. The molecule has 1 amide bonds. The molecule has 0 saturated heterocycles. The highest BCUT2D eigenvalue weighted by Crippen LogP contribution is 2.12. The topological polar surface area (TPSA) is 79.8 Å². The molecule has 0 spiro atoms. The highest BCUT2D eigenvalue weighted by atomic mass is 16.2. The minimum Gasteiger partial charge on any atom is -0.346 e. The van der Waals surface area contributed by atoms with Gasteiger partial charge in [0.15, 0.2) is 11.6 Å². The van der Waals surface area contributed by atoms with E-state index in [0.717, 1.165) is 18.4 Å². The van der Waals surface area contributed by atoms with E-state index in [2.05, 4.69) is 15.3 Å². The van der Waals surface area contributed by atoms with E-state index in [1.807, 2.05) is 33.2 Å². The quantitative estimate of drug-likeness (QED) is 0.802. The molecule has 0 saturated carbocycles. The number of amides is 1. The van der Waals surface area contributed by atoms with Crippen LogP contribution in [0.5, 0.6) is 0 Å². The maximum Gasteiger partial charge on any atom is 0.273 e. The standard InChI is InChI=1S/C15H20N4O2/c1-4-6-12(20)14-16-8-13(17-14)18-15(21)11-7-10(5-2)9-19(11)3/h7-9H,4-6H2,1-3H3,(H,16,17)(H,18,21). The third-order valence-corrected chi connectivity index (χ3v) is 3.27. The van der Waals surface area contributed by atoms with Gasteiger partial charge >= 0.3 is 0 Å². The summed E-state index contributed by atoms with van der Waals surface area (Å²) in [6.07, 6.45) is 5.48. The molecule has 0 aliphatic carbocycles. The number of rotatable bonds is 6. The summed E-state index contributed by atoms with van der Waals surface area (Å²) in [5.41, 5.74) is 1.67. The van der Waals surface area contributed by atoms with E-state index in [0.29, 0.717) is 17.9 Å². The molecule has 2 heterocycles. The molecule has 2 aromatic heterocycles. The molecule has 2 aromatic rings. The number of ketones is 1. The van der Waals surface area contributed by atoms with Crippen molar-refractivity contribution in [3.8, 4) is 0 Å². The van der Waals surface area contributed by atoms with Crippen LogP contribution in [0.2, 0.25) is 0 Å². The average Bonchev–Trinajstić information content (AvgIpc) is 3.05. The van der Waals surface area contributed by atoms with Gasteiger partial charge in [0.05, 0.1) is 6.20 Å². The van der Waals surface area contributed by atoms with Crippen LogP contribution in [0.25, 0.3) is 0 Å². The number of nitrogens with one attached hydrogen (secondary N) is 2. The van der Waals surface area contributed by atoms with E-state index >= 15 is 0 Å². The number of nitrogens with zero attached hydrogens (tertiary/aromatic N) is 2. The number of carbonyl (C=O) groups is 2. The van der Waals surface area contributed by atoms with Crippen LogP contribution in [-0.4, -0.2) is 26.2 Å². The van der Waals surface area contributed by atoms with Gasteiger partial charge in [-0.3, -0.25) is 9.59 Å². The van der Waals surface area contributed by atoms with Crippen LogP contribution in [0.1, 0.15) is 53.4 Å². The second-order valence-corrected chi connectivity index (χ2v) is 4.97. The van der Waals surface area contributed by atoms with E-state index in [9.17, 15) is 9.59 Å². The van der Waals surface area contributed by atoms with Crippen molar-refractivity contribution in [2.75, 3.05) is 5.32 Å². The lowest BCUT2D eigenvalue weighted by Gasteiger charge is -2.03. The van der Waals surface area contributed by atoms with Gasteiger partial charge in [0.25, 0.3) is 5.91 Å². The van der Waals surface area contributed by atoms with Crippen LogP contribution in [0, 0.1) is 0 Å². The monoisotopic (exact) mass is 288 g/mol. The van der Waals surface area contributed by atoms with E-state index < -0.39 is 0 Å². The molecule has 21 heavy (non-hydrogen) atoms. The Morgan fingerprint density at radius 2 is 2.14 bits per heavy atom. The van der Waals surface area contributed by atoms with Crippen LogP contribution in [0.15, 0.2) is 18.5 Å². The molecule has 0 aliphatic rings. The summed E-state index contributed by atoms with van der Waals surface area (Å²) in [6.45, 7) is 3.97. The number of aryl methyl sites for hydroxylation is 2. The first-order valence-electron chi connectivity index (χ1n) is 7.10. The smallest absolute Gasteiger partial charge is 0.273 e. The summed E-state index contributed by atoms with van der Waals surface area (Å²) < 4.78 is 1.79. The Morgan fingerprint density at radius 3 is 2.76 bits per heavy atom. The molecule has 6 heteroatoms. The van der Waals surface area contributed by atoms with Crippen LogP contribution in [0.4, 0.5) is 5.82 Å². The van der Waals surface area contributed by atoms with Crippen molar-refractivity contribution < 1.29 is 9.59 Å². The highest BCUT2D eigenvalue weighted by molar-refractivity contribution is 6.03. The number of aromatic amines is 1. The predicted octanol–water partition coefficient (Wildman–Crippen LogP) is 2.55. The first-order valence-corrected chi connectivity index (χ1v) is 7.10. The highest BCUT2D eigenvalue weighted by Gasteiger charge is 2.14. The normalized spacial score (nSPS) is 10.6. The lowest BCUT2D eigenvalue weighted by Crippen LogP contribution is -2.15. The van der Waals surface area contributed by atoms with Crippen molar-refractivity contribution in [1.29, 1.82) is 0 Å². The third-order valence-electron chi connectivity index (χ3n) is 3.27. The lowest BCUT2D eigenvalue weighted by atomic mass is 10.2. The van der Waals surface area contributed by atoms with Gasteiger partial charge in [0, 0.05) is 19.7 Å². The number of carbonyl (C=O) groups excluding carboxylic acids is 2. The van der Waals surface area contributed by atoms with Gasteiger partial charge in [-0.05, 0) is 24.5 Å².